The molecule has 114 valence electrons. The summed E-state index contributed by atoms with van der Waals surface area (Å²) in [5, 5.41) is 21.9. The molecule has 0 amide bonds. The lowest BCUT2D eigenvalue weighted by Crippen LogP contribution is -2.50. The molecule has 0 saturated heterocycles. The summed E-state index contributed by atoms with van der Waals surface area (Å²) in [6.07, 6.45) is 1.37. The molecule has 1 heterocycles. The lowest BCUT2D eigenvalue weighted by Gasteiger charge is -2.28. The largest absolute Gasteiger partial charge is 0.481 e. The van der Waals surface area contributed by atoms with E-state index in [1.165, 1.54) is 17.8 Å². The van der Waals surface area contributed by atoms with Gasteiger partial charge in [-0.15, -0.1) is 0 Å². The van der Waals surface area contributed by atoms with Crippen LogP contribution in [-0.4, -0.2) is 46.0 Å². The van der Waals surface area contributed by atoms with Gasteiger partial charge in [-0.3, -0.25) is 9.48 Å². The van der Waals surface area contributed by atoms with Crippen LogP contribution in [-0.2, 0) is 21.4 Å². The quantitative estimate of drug-likeness (QED) is 0.641. The predicted molar refractivity (Wildman–Crippen MR) is 70.6 cm³/mol. The Labute approximate surface area is 117 Å². The number of carboxylic acids is 1. The SMILES string of the molecule is CC(O)C(C)(C)NS(=O)(=O)c1cnn(CCC(=O)O)c1. The Morgan fingerprint density at radius 1 is 1.55 bits per heavy atom. The number of nitrogens with zero attached hydrogens (tertiary/aromatic N) is 2. The van der Waals surface area contributed by atoms with E-state index in [0.29, 0.717) is 0 Å². The molecule has 20 heavy (non-hydrogen) atoms. The van der Waals surface area contributed by atoms with Gasteiger partial charge in [0.15, 0.2) is 0 Å². The number of rotatable bonds is 7. The third-order valence-electron chi connectivity index (χ3n) is 2.92. The van der Waals surface area contributed by atoms with Gasteiger partial charge in [0.1, 0.15) is 4.90 Å². The van der Waals surface area contributed by atoms with Gasteiger partial charge in [0, 0.05) is 6.20 Å². The second kappa shape index (κ2) is 5.90. The fourth-order valence-electron chi connectivity index (χ4n) is 1.31. The summed E-state index contributed by atoms with van der Waals surface area (Å²) in [7, 11) is -3.82. The molecular formula is C11H19N3O5S. The molecule has 0 aliphatic heterocycles. The standard InChI is InChI=1S/C11H19N3O5S/c1-8(15)11(2,3)13-20(18,19)9-6-12-14(7-9)5-4-10(16)17/h6-8,13,15H,4-5H2,1-3H3,(H,16,17). The molecule has 1 aromatic heterocycles. The molecule has 0 radical (unpaired) electrons. The molecule has 0 saturated carbocycles. The Hall–Kier alpha value is -1.45. The number of carboxylic acid groups (broad SMARTS) is 1. The Bertz CT molecular complexity index is 577. The number of aliphatic hydroxyl groups excluding tert-OH is 1. The summed E-state index contributed by atoms with van der Waals surface area (Å²) in [6.45, 7) is 4.69. The van der Waals surface area contributed by atoms with Crippen molar-refractivity contribution in [2.75, 3.05) is 0 Å². The maximum absolute atomic E-state index is 12.1. The number of aromatic nitrogens is 2. The Kier molecular flexibility index (Phi) is 4.90. The van der Waals surface area contributed by atoms with Crippen LogP contribution >= 0.6 is 0 Å². The summed E-state index contributed by atoms with van der Waals surface area (Å²) >= 11 is 0. The monoisotopic (exact) mass is 305 g/mol. The van der Waals surface area contributed by atoms with E-state index in [1.54, 1.807) is 13.8 Å². The van der Waals surface area contributed by atoms with Gasteiger partial charge < -0.3 is 10.2 Å². The third-order valence-corrected chi connectivity index (χ3v) is 4.54. The minimum Gasteiger partial charge on any atom is -0.481 e. The second-order valence-corrected chi connectivity index (χ2v) is 6.77. The number of hydrogen-bond donors (Lipinski definition) is 3. The summed E-state index contributed by atoms with van der Waals surface area (Å²) in [6, 6.07) is 0. The van der Waals surface area contributed by atoms with Crippen LogP contribution in [0.2, 0.25) is 0 Å². The summed E-state index contributed by atoms with van der Waals surface area (Å²) < 4.78 is 27.9. The summed E-state index contributed by atoms with van der Waals surface area (Å²) in [5.74, 6) is -0.988. The maximum atomic E-state index is 12.1. The van der Waals surface area contributed by atoms with Crippen LogP contribution in [0.5, 0.6) is 0 Å². The van der Waals surface area contributed by atoms with Crippen LogP contribution in [0.4, 0.5) is 0 Å². The molecule has 0 bridgehead atoms. The highest BCUT2D eigenvalue weighted by Crippen LogP contribution is 2.15. The zero-order valence-corrected chi connectivity index (χ0v) is 12.4. The van der Waals surface area contributed by atoms with E-state index in [1.807, 2.05) is 0 Å². The predicted octanol–water partition coefficient (Wildman–Crippen LogP) is -0.205. The van der Waals surface area contributed by atoms with Gasteiger partial charge in [-0.2, -0.15) is 5.10 Å². The molecule has 3 N–H and O–H groups in total. The second-order valence-electron chi connectivity index (χ2n) is 5.09. The molecule has 0 aromatic carbocycles. The zero-order chi connectivity index (χ0) is 15.6. The van der Waals surface area contributed by atoms with E-state index in [2.05, 4.69) is 9.82 Å². The summed E-state index contributed by atoms with van der Waals surface area (Å²) in [5.41, 5.74) is -1.03. The Morgan fingerprint density at radius 2 is 2.15 bits per heavy atom. The van der Waals surface area contributed by atoms with Crippen molar-refractivity contribution < 1.29 is 23.4 Å². The van der Waals surface area contributed by atoms with E-state index in [9.17, 15) is 18.3 Å². The average Bonchev–Trinajstić information content (AvgIpc) is 2.73. The van der Waals surface area contributed by atoms with Crippen molar-refractivity contribution in [1.82, 2.24) is 14.5 Å². The first-order valence-corrected chi connectivity index (χ1v) is 7.49. The minimum atomic E-state index is -3.82. The first-order valence-electron chi connectivity index (χ1n) is 6.01. The van der Waals surface area contributed by atoms with Crippen molar-refractivity contribution in [2.24, 2.45) is 0 Å². The molecular weight excluding hydrogens is 286 g/mol. The average molecular weight is 305 g/mol. The molecule has 0 aliphatic rings. The van der Waals surface area contributed by atoms with Crippen LogP contribution in [0, 0.1) is 0 Å². The van der Waals surface area contributed by atoms with Gasteiger partial charge in [0.2, 0.25) is 10.0 Å². The van der Waals surface area contributed by atoms with Crippen LogP contribution in [0.1, 0.15) is 27.2 Å². The number of aryl methyl sites for hydroxylation is 1. The molecule has 1 aromatic rings. The molecule has 1 atom stereocenters. The third kappa shape index (κ3) is 4.29. The fraction of sp³-hybridized carbons (Fsp3) is 0.636. The fourth-order valence-corrected chi connectivity index (χ4v) is 2.73. The molecule has 0 spiro atoms. The number of hydrogen-bond acceptors (Lipinski definition) is 5. The highest BCUT2D eigenvalue weighted by molar-refractivity contribution is 7.89. The van der Waals surface area contributed by atoms with Gasteiger partial charge in [-0.1, -0.05) is 0 Å². The molecule has 0 fully saturated rings. The highest BCUT2D eigenvalue weighted by Gasteiger charge is 2.31. The zero-order valence-electron chi connectivity index (χ0n) is 11.6. The topological polar surface area (TPSA) is 122 Å². The number of carbonyl (C=O) groups is 1. The van der Waals surface area contributed by atoms with Gasteiger partial charge in [0.05, 0.1) is 30.8 Å². The van der Waals surface area contributed by atoms with E-state index in [-0.39, 0.29) is 17.9 Å². The van der Waals surface area contributed by atoms with Crippen molar-refractivity contribution in [3.8, 4) is 0 Å². The Balaban J connectivity index is 2.86. The maximum Gasteiger partial charge on any atom is 0.305 e. The van der Waals surface area contributed by atoms with Gasteiger partial charge in [-0.25, -0.2) is 13.1 Å². The van der Waals surface area contributed by atoms with E-state index in [4.69, 9.17) is 5.11 Å². The van der Waals surface area contributed by atoms with Crippen molar-refractivity contribution in [3.63, 3.8) is 0 Å². The first-order chi connectivity index (χ1) is 9.04. The number of nitrogens with one attached hydrogen (secondary N) is 1. The lowest BCUT2D eigenvalue weighted by atomic mass is 10.0. The Morgan fingerprint density at radius 3 is 2.65 bits per heavy atom. The van der Waals surface area contributed by atoms with Crippen LogP contribution in [0.15, 0.2) is 17.3 Å². The van der Waals surface area contributed by atoms with Crippen LogP contribution in [0.25, 0.3) is 0 Å². The number of sulfonamides is 1. The molecule has 1 unspecified atom stereocenters. The van der Waals surface area contributed by atoms with E-state index < -0.39 is 27.6 Å². The van der Waals surface area contributed by atoms with Crippen molar-refractivity contribution >= 4 is 16.0 Å². The van der Waals surface area contributed by atoms with Crippen LogP contribution in [0.3, 0.4) is 0 Å². The van der Waals surface area contributed by atoms with Gasteiger partial charge >= 0.3 is 5.97 Å². The molecule has 0 aliphatic carbocycles. The van der Waals surface area contributed by atoms with Gasteiger partial charge in [-0.05, 0) is 20.8 Å². The lowest BCUT2D eigenvalue weighted by molar-refractivity contribution is -0.137. The smallest absolute Gasteiger partial charge is 0.305 e. The summed E-state index contributed by atoms with van der Waals surface area (Å²) in [4.78, 5) is 10.4. The first kappa shape index (κ1) is 16.6. The molecule has 9 heteroatoms. The van der Waals surface area contributed by atoms with Gasteiger partial charge in [0.25, 0.3) is 0 Å². The van der Waals surface area contributed by atoms with Crippen molar-refractivity contribution in [1.29, 1.82) is 0 Å². The van der Waals surface area contributed by atoms with E-state index in [0.717, 1.165) is 6.20 Å². The number of aliphatic hydroxyl groups is 1. The minimum absolute atomic E-state index is 0.0726. The van der Waals surface area contributed by atoms with E-state index >= 15 is 0 Å². The molecule has 1 rings (SSSR count). The van der Waals surface area contributed by atoms with Crippen molar-refractivity contribution in [3.05, 3.63) is 12.4 Å². The molecule has 8 nitrogen and oxygen atoms in total. The van der Waals surface area contributed by atoms with Crippen LogP contribution < -0.4 is 4.72 Å². The number of aliphatic carboxylic acids is 1. The highest BCUT2D eigenvalue weighted by atomic mass is 32.2. The normalized spacial score (nSPS) is 14.2. The van der Waals surface area contributed by atoms with Crippen molar-refractivity contribution in [2.45, 2.75) is 50.3 Å².